The number of rotatable bonds is 10. The Hall–Kier alpha value is -2.28. The number of nitrogens with zero attached hydrogens (tertiary/aromatic N) is 1. The molecule has 0 spiro atoms. The van der Waals surface area contributed by atoms with Gasteiger partial charge < -0.3 is 24.1 Å². The predicted molar refractivity (Wildman–Crippen MR) is 107 cm³/mol. The minimum atomic E-state index is -0.568. The normalized spacial score (nSPS) is 13.9. The second-order valence-electron chi connectivity index (χ2n) is 7.24. The van der Waals surface area contributed by atoms with Gasteiger partial charge in [-0.1, -0.05) is 18.2 Å². The van der Waals surface area contributed by atoms with Crippen LogP contribution in [0, 0.1) is 0 Å². The van der Waals surface area contributed by atoms with E-state index in [-0.39, 0.29) is 12.9 Å². The first kappa shape index (κ1) is 20.5. The Balaban J connectivity index is 1.71. The predicted octanol–water partition coefficient (Wildman–Crippen LogP) is 3.21. The summed E-state index contributed by atoms with van der Waals surface area (Å²) in [4.78, 5) is 2.20. The van der Waals surface area contributed by atoms with Crippen LogP contribution in [0.2, 0.25) is 0 Å². The van der Waals surface area contributed by atoms with Crippen LogP contribution in [0.5, 0.6) is 17.2 Å². The van der Waals surface area contributed by atoms with Crippen molar-refractivity contribution in [3.8, 4) is 17.2 Å². The van der Waals surface area contributed by atoms with Gasteiger partial charge in [0.25, 0.3) is 0 Å². The third kappa shape index (κ3) is 5.86. The zero-order chi connectivity index (χ0) is 19.9. The molecule has 152 valence electrons. The van der Waals surface area contributed by atoms with Gasteiger partial charge in [0.1, 0.15) is 5.75 Å². The molecule has 6 heteroatoms. The van der Waals surface area contributed by atoms with Crippen LogP contribution in [0.15, 0.2) is 42.5 Å². The van der Waals surface area contributed by atoms with E-state index < -0.39 is 6.10 Å². The summed E-state index contributed by atoms with van der Waals surface area (Å²) in [6, 6.07) is 13.9. The summed E-state index contributed by atoms with van der Waals surface area (Å²) in [7, 11) is 1.66. The van der Waals surface area contributed by atoms with E-state index in [1.54, 1.807) is 7.11 Å². The fourth-order valence-corrected chi connectivity index (χ4v) is 3.17. The largest absolute Gasteiger partial charge is 0.497 e. The Morgan fingerprint density at radius 1 is 1.04 bits per heavy atom. The van der Waals surface area contributed by atoms with Crippen molar-refractivity contribution in [1.82, 2.24) is 4.90 Å². The molecule has 28 heavy (non-hydrogen) atoms. The zero-order valence-corrected chi connectivity index (χ0v) is 16.8. The fourth-order valence-electron chi connectivity index (χ4n) is 3.17. The Morgan fingerprint density at radius 2 is 1.79 bits per heavy atom. The summed E-state index contributed by atoms with van der Waals surface area (Å²) in [5.41, 5.74) is 2.22. The van der Waals surface area contributed by atoms with Gasteiger partial charge in [-0.3, -0.25) is 4.90 Å². The van der Waals surface area contributed by atoms with E-state index in [4.69, 9.17) is 18.9 Å². The second kappa shape index (κ2) is 9.78. The zero-order valence-electron chi connectivity index (χ0n) is 16.8. The summed E-state index contributed by atoms with van der Waals surface area (Å²) in [6.45, 7) is 6.36. The lowest BCUT2D eigenvalue weighted by atomic mass is 10.1. The number of aliphatic hydroxyl groups excluding tert-OH is 1. The molecule has 0 saturated carbocycles. The lowest BCUT2D eigenvalue weighted by Gasteiger charge is -2.26. The molecule has 1 heterocycles. The molecule has 1 aliphatic rings. The maximum atomic E-state index is 10.4. The summed E-state index contributed by atoms with van der Waals surface area (Å²) in [5, 5.41) is 10.4. The second-order valence-corrected chi connectivity index (χ2v) is 7.24. The topological polar surface area (TPSA) is 60.4 Å². The highest BCUT2D eigenvalue weighted by Crippen LogP contribution is 2.33. The molecular formula is C22H29NO5. The van der Waals surface area contributed by atoms with Crippen molar-refractivity contribution in [3.63, 3.8) is 0 Å². The van der Waals surface area contributed by atoms with Crippen molar-refractivity contribution in [1.29, 1.82) is 0 Å². The van der Waals surface area contributed by atoms with Crippen LogP contribution in [-0.4, -0.2) is 49.3 Å². The number of hydrogen-bond donors (Lipinski definition) is 1. The molecule has 6 nitrogen and oxygen atoms in total. The van der Waals surface area contributed by atoms with Crippen molar-refractivity contribution in [2.75, 3.05) is 27.1 Å². The fraction of sp³-hybridized carbons (Fsp3) is 0.455. The standard InChI is InChI=1S/C22H29NO5/c1-16(2)26-14-19(24)13-23(11-17-5-4-6-20(9-17)25-3)12-18-7-8-21-22(10-18)28-15-27-21/h4-10,16,19,24H,11-15H2,1-3H3/t19-/m0/s1. The van der Waals surface area contributed by atoms with Gasteiger partial charge in [-0.15, -0.1) is 0 Å². The molecule has 0 amide bonds. The van der Waals surface area contributed by atoms with Gasteiger partial charge in [0.2, 0.25) is 6.79 Å². The molecule has 0 unspecified atom stereocenters. The quantitative estimate of drug-likeness (QED) is 0.676. The monoisotopic (exact) mass is 387 g/mol. The van der Waals surface area contributed by atoms with Gasteiger partial charge in [0.05, 0.1) is 25.9 Å². The molecule has 0 bridgehead atoms. The summed E-state index contributed by atoms with van der Waals surface area (Å²) >= 11 is 0. The minimum absolute atomic E-state index is 0.0929. The molecule has 1 N–H and O–H groups in total. The molecule has 0 aliphatic carbocycles. The average Bonchev–Trinajstić information content (AvgIpc) is 3.14. The molecule has 2 aromatic carbocycles. The minimum Gasteiger partial charge on any atom is -0.497 e. The van der Waals surface area contributed by atoms with Crippen LogP contribution in [0.1, 0.15) is 25.0 Å². The van der Waals surface area contributed by atoms with Crippen molar-refractivity contribution in [3.05, 3.63) is 53.6 Å². The van der Waals surface area contributed by atoms with E-state index in [1.165, 1.54) is 0 Å². The average molecular weight is 387 g/mol. The van der Waals surface area contributed by atoms with E-state index in [0.29, 0.717) is 26.2 Å². The van der Waals surface area contributed by atoms with Crippen LogP contribution in [-0.2, 0) is 17.8 Å². The third-order valence-electron chi connectivity index (χ3n) is 4.47. The molecule has 0 saturated heterocycles. The third-order valence-corrected chi connectivity index (χ3v) is 4.47. The van der Waals surface area contributed by atoms with E-state index >= 15 is 0 Å². The van der Waals surface area contributed by atoms with Crippen molar-refractivity contribution < 1.29 is 24.1 Å². The van der Waals surface area contributed by atoms with Crippen LogP contribution < -0.4 is 14.2 Å². The highest BCUT2D eigenvalue weighted by atomic mass is 16.7. The number of ether oxygens (including phenoxy) is 4. The number of benzene rings is 2. The van der Waals surface area contributed by atoms with Crippen molar-refractivity contribution in [2.24, 2.45) is 0 Å². The van der Waals surface area contributed by atoms with Crippen LogP contribution >= 0.6 is 0 Å². The van der Waals surface area contributed by atoms with E-state index in [2.05, 4.69) is 11.0 Å². The summed E-state index contributed by atoms with van der Waals surface area (Å²) in [5.74, 6) is 2.36. The molecule has 0 fully saturated rings. The molecule has 1 aliphatic heterocycles. The summed E-state index contributed by atoms with van der Waals surface area (Å²) in [6.07, 6.45) is -0.475. The first-order valence-electron chi connectivity index (χ1n) is 9.57. The van der Waals surface area contributed by atoms with Gasteiger partial charge >= 0.3 is 0 Å². The SMILES string of the molecule is COc1cccc(CN(Cc2ccc3c(c2)OCO3)C[C@H](O)COC(C)C)c1. The lowest BCUT2D eigenvalue weighted by molar-refractivity contribution is -0.0106. The van der Waals surface area contributed by atoms with Crippen molar-refractivity contribution in [2.45, 2.75) is 39.1 Å². The van der Waals surface area contributed by atoms with Gasteiger partial charge in [0, 0.05) is 19.6 Å². The Labute approximate surface area is 166 Å². The first-order chi connectivity index (χ1) is 13.5. The molecule has 1 atom stereocenters. The maximum Gasteiger partial charge on any atom is 0.231 e. The van der Waals surface area contributed by atoms with E-state index in [0.717, 1.165) is 28.4 Å². The number of fused-ring (bicyclic) bond motifs is 1. The molecule has 0 aromatic heterocycles. The van der Waals surface area contributed by atoms with Crippen molar-refractivity contribution >= 4 is 0 Å². The van der Waals surface area contributed by atoms with E-state index in [1.807, 2.05) is 50.2 Å². The smallest absolute Gasteiger partial charge is 0.231 e. The Bertz CT molecular complexity index is 764. The van der Waals surface area contributed by atoms with Gasteiger partial charge in [-0.2, -0.15) is 0 Å². The molecule has 3 rings (SSSR count). The van der Waals surface area contributed by atoms with Gasteiger partial charge in [0.15, 0.2) is 11.5 Å². The Morgan fingerprint density at radius 3 is 2.54 bits per heavy atom. The van der Waals surface area contributed by atoms with Crippen LogP contribution in [0.25, 0.3) is 0 Å². The summed E-state index contributed by atoms with van der Waals surface area (Å²) < 4.78 is 21.8. The molecule has 0 radical (unpaired) electrons. The number of methoxy groups -OCH3 is 1. The molecular weight excluding hydrogens is 358 g/mol. The van der Waals surface area contributed by atoms with E-state index in [9.17, 15) is 5.11 Å². The van der Waals surface area contributed by atoms with Gasteiger partial charge in [-0.25, -0.2) is 0 Å². The molecule has 2 aromatic rings. The Kier molecular flexibility index (Phi) is 7.14. The maximum absolute atomic E-state index is 10.4. The lowest BCUT2D eigenvalue weighted by Crippen LogP contribution is -2.34. The van der Waals surface area contributed by atoms with Crippen LogP contribution in [0.3, 0.4) is 0 Å². The highest BCUT2D eigenvalue weighted by molar-refractivity contribution is 5.44. The highest BCUT2D eigenvalue weighted by Gasteiger charge is 2.17. The number of hydrogen-bond acceptors (Lipinski definition) is 6. The first-order valence-corrected chi connectivity index (χ1v) is 9.57. The number of aliphatic hydroxyl groups is 1. The van der Waals surface area contributed by atoms with Crippen LogP contribution in [0.4, 0.5) is 0 Å². The van der Waals surface area contributed by atoms with Gasteiger partial charge in [-0.05, 0) is 49.2 Å².